The molecule has 0 bridgehead atoms. The van der Waals surface area contributed by atoms with Crippen LogP contribution in [0, 0.1) is 17.3 Å². The standard InChI is InChI=1S/C16H32N4O.HI/c1-7-18-15(19-11-16(4,5)14(21)17-6)20-9-12(2)8-13(3)10-20;/h12-13H,7-11H2,1-6H3,(H,17,21)(H,18,19);1H. The van der Waals surface area contributed by atoms with Crippen molar-refractivity contribution in [1.82, 2.24) is 15.5 Å². The summed E-state index contributed by atoms with van der Waals surface area (Å²) in [5, 5.41) is 6.08. The largest absolute Gasteiger partial charge is 0.359 e. The van der Waals surface area contributed by atoms with Crippen molar-refractivity contribution in [2.45, 2.75) is 41.0 Å². The van der Waals surface area contributed by atoms with Gasteiger partial charge in [-0.25, -0.2) is 0 Å². The number of carbonyl (C=O) groups is 1. The van der Waals surface area contributed by atoms with Gasteiger partial charge in [0.2, 0.25) is 5.91 Å². The lowest BCUT2D eigenvalue weighted by Gasteiger charge is -2.37. The van der Waals surface area contributed by atoms with Crippen molar-refractivity contribution in [1.29, 1.82) is 0 Å². The number of aliphatic imine (C=N–C) groups is 1. The van der Waals surface area contributed by atoms with E-state index >= 15 is 0 Å². The zero-order chi connectivity index (χ0) is 16.0. The Balaban J connectivity index is 0.00000441. The quantitative estimate of drug-likeness (QED) is 0.414. The van der Waals surface area contributed by atoms with Crippen molar-refractivity contribution in [2.24, 2.45) is 22.2 Å². The van der Waals surface area contributed by atoms with E-state index in [2.05, 4.69) is 36.3 Å². The van der Waals surface area contributed by atoms with Crippen LogP contribution in [0.5, 0.6) is 0 Å². The topological polar surface area (TPSA) is 56.7 Å². The molecule has 22 heavy (non-hydrogen) atoms. The third-order valence-corrected chi connectivity index (χ3v) is 3.97. The molecule has 2 N–H and O–H groups in total. The van der Waals surface area contributed by atoms with Gasteiger partial charge in [-0.05, 0) is 39.0 Å². The Morgan fingerprint density at radius 3 is 2.27 bits per heavy atom. The number of likely N-dealkylation sites (tertiary alicyclic amines) is 1. The fourth-order valence-corrected chi connectivity index (χ4v) is 2.94. The predicted molar refractivity (Wildman–Crippen MR) is 104 cm³/mol. The third-order valence-electron chi connectivity index (χ3n) is 3.97. The summed E-state index contributed by atoms with van der Waals surface area (Å²) in [6.07, 6.45) is 1.28. The highest BCUT2D eigenvalue weighted by Gasteiger charge is 2.28. The summed E-state index contributed by atoms with van der Waals surface area (Å²) in [7, 11) is 1.67. The molecule has 1 amide bonds. The van der Waals surface area contributed by atoms with Crippen LogP contribution in [0.4, 0.5) is 0 Å². The average Bonchev–Trinajstić information content (AvgIpc) is 2.41. The lowest BCUT2D eigenvalue weighted by molar-refractivity contribution is -0.128. The van der Waals surface area contributed by atoms with Gasteiger partial charge in [-0.1, -0.05) is 13.8 Å². The Bertz CT molecular complexity index is 374. The molecule has 1 saturated heterocycles. The molecule has 5 nitrogen and oxygen atoms in total. The molecule has 1 rings (SSSR count). The van der Waals surface area contributed by atoms with Crippen molar-refractivity contribution in [3.63, 3.8) is 0 Å². The molecule has 0 aromatic rings. The van der Waals surface area contributed by atoms with Gasteiger partial charge in [0.25, 0.3) is 0 Å². The van der Waals surface area contributed by atoms with Gasteiger partial charge in [0.1, 0.15) is 0 Å². The van der Waals surface area contributed by atoms with Crippen LogP contribution in [0.15, 0.2) is 4.99 Å². The van der Waals surface area contributed by atoms with Gasteiger partial charge < -0.3 is 15.5 Å². The molecule has 0 spiro atoms. The smallest absolute Gasteiger partial charge is 0.227 e. The summed E-state index contributed by atoms with van der Waals surface area (Å²) in [6, 6.07) is 0. The second kappa shape index (κ2) is 9.57. The number of nitrogens with one attached hydrogen (secondary N) is 2. The summed E-state index contributed by atoms with van der Waals surface area (Å²) >= 11 is 0. The molecule has 0 aromatic carbocycles. The fraction of sp³-hybridized carbons (Fsp3) is 0.875. The SMILES string of the molecule is CCNC(=NCC(C)(C)C(=O)NC)N1CC(C)CC(C)C1.I. The average molecular weight is 424 g/mol. The van der Waals surface area contributed by atoms with E-state index in [0.717, 1.165) is 25.6 Å². The zero-order valence-electron chi connectivity index (χ0n) is 14.9. The Morgan fingerprint density at radius 2 is 1.82 bits per heavy atom. The van der Waals surface area contributed by atoms with Gasteiger partial charge in [-0.15, -0.1) is 24.0 Å². The molecule has 2 atom stereocenters. The number of guanidine groups is 1. The van der Waals surface area contributed by atoms with Crippen LogP contribution in [0.3, 0.4) is 0 Å². The van der Waals surface area contributed by atoms with Crippen molar-refractivity contribution in [3.05, 3.63) is 0 Å². The molecule has 2 unspecified atom stereocenters. The van der Waals surface area contributed by atoms with Crippen LogP contribution >= 0.6 is 24.0 Å². The summed E-state index contributed by atoms with van der Waals surface area (Å²) in [5.41, 5.74) is -0.484. The normalized spacial score (nSPS) is 22.8. The van der Waals surface area contributed by atoms with Crippen LogP contribution in [0.2, 0.25) is 0 Å². The number of carbonyl (C=O) groups excluding carboxylic acids is 1. The number of amides is 1. The third kappa shape index (κ3) is 6.30. The highest BCUT2D eigenvalue weighted by atomic mass is 127. The van der Waals surface area contributed by atoms with Crippen molar-refractivity contribution in [3.8, 4) is 0 Å². The number of nitrogens with zero attached hydrogens (tertiary/aromatic N) is 2. The lowest BCUT2D eigenvalue weighted by atomic mass is 9.92. The highest BCUT2D eigenvalue weighted by molar-refractivity contribution is 14.0. The second-order valence-electron chi connectivity index (χ2n) is 6.98. The zero-order valence-corrected chi connectivity index (χ0v) is 17.2. The Morgan fingerprint density at radius 1 is 1.27 bits per heavy atom. The summed E-state index contributed by atoms with van der Waals surface area (Å²) < 4.78 is 0. The van der Waals surface area contributed by atoms with Crippen molar-refractivity contribution < 1.29 is 4.79 Å². The van der Waals surface area contributed by atoms with Gasteiger partial charge >= 0.3 is 0 Å². The van der Waals surface area contributed by atoms with Gasteiger partial charge in [0, 0.05) is 26.7 Å². The first-order valence-corrected chi connectivity index (χ1v) is 8.05. The molecular weight excluding hydrogens is 391 g/mol. The van der Waals surface area contributed by atoms with E-state index < -0.39 is 5.41 Å². The monoisotopic (exact) mass is 424 g/mol. The lowest BCUT2D eigenvalue weighted by Crippen LogP contribution is -2.49. The maximum Gasteiger partial charge on any atom is 0.227 e. The summed E-state index contributed by atoms with van der Waals surface area (Å²) in [5.74, 6) is 2.34. The minimum Gasteiger partial charge on any atom is -0.359 e. The van der Waals surface area contributed by atoms with E-state index in [0.29, 0.717) is 18.4 Å². The molecule has 130 valence electrons. The molecule has 1 heterocycles. The highest BCUT2D eigenvalue weighted by Crippen LogP contribution is 2.21. The number of rotatable bonds is 4. The van der Waals surface area contributed by atoms with Crippen LogP contribution < -0.4 is 10.6 Å². The Kier molecular flexibility index (Phi) is 9.34. The Hall–Kier alpha value is -0.530. The summed E-state index contributed by atoms with van der Waals surface area (Å²) in [4.78, 5) is 18.9. The number of piperidine rings is 1. The molecule has 1 fully saturated rings. The van der Waals surface area contributed by atoms with E-state index in [1.807, 2.05) is 13.8 Å². The first-order chi connectivity index (χ1) is 9.80. The minimum absolute atomic E-state index is 0. The van der Waals surface area contributed by atoms with E-state index in [1.54, 1.807) is 7.05 Å². The van der Waals surface area contributed by atoms with Crippen LogP contribution in [-0.2, 0) is 4.79 Å². The van der Waals surface area contributed by atoms with Crippen LogP contribution in [-0.4, -0.2) is 50.0 Å². The maximum absolute atomic E-state index is 11.9. The molecule has 0 saturated carbocycles. The molecular formula is C16H33IN4O. The molecule has 6 heteroatoms. The Labute approximate surface area is 152 Å². The molecule has 1 aliphatic rings. The van der Waals surface area contributed by atoms with Crippen molar-refractivity contribution in [2.75, 3.05) is 33.2 Å². The first-order valence-electron chi connectivity index (χ1n) is 8.05. The molecule has 0 aliphatic carbocycles. The number of halogens is 1. The summed E-state index contributed by atoms with van der Waals surface area (Å²) in [6.45, 7) is 13.9. The molecule has 0 aromatic heterocycles. The van der Waals surface area contributed by atoms with Crippen LogP contribution in [0.25, 0.3) is 0 Å². The predicted octanol–water partition coefficient (Wildman–Crippen LogP) is 2.32. The van der Waals surface area contributed by atoms with E-state index in [1.165, 1.54) is 6.42 Å². The van der Waals surface area contributed by atoms with E-state index in [9.17, 15) is 4.79 Å². The van der Waals surface area contributed by atoms with Gasteiger partial charge in [0.05, 0.1) is 12.0 Å². The first kappa shape index (κ1) is 21.5. The van der Waals surface area contributed by atoms with Gasteiger partial charge in [-0.3, -0.25) is 9.79 Å². The van der Waals surface area contributed by atoms with E-state index in [4.69, 9.17) is 4.99 Å². The van der Waals surface area contributed by atoms with Crippen LogP contribution in [0.1, 0.15) is 41.0 Å². The maximum atomic E-state index is 11.9. The minimum atomic E-state index is -0.484. The van der Waals surface area contributed by atoms with Gasteiger partial charge in [0.15, 0.2) is 5.96 Å². The fourth-order valence-electron chi connectivity index (χ4n) is 2.94. The number of hydrogen-bond acceptors (Lipinski definition) is 2. The number of hydrogen-bond donors (Lipinski definition) is 2. The van der Waals surface area contributed by atoms with E-state index in [-0.39, 0.29) is 29.9 Å². The molecule has 0 radical (unpaired) electrons. The van der Waals surface area contributed by atoms with Crippen molar-refractivity contribution >= 4 is 35.8 Å². The van der Waals surface area contributed by atoms with Gasteiger partial charge in [-0.2, -0.15) is 0 Å². The second-order valence-corrected chi connectivity index (χ2v) is 6.98. The molecule has 1 aliphatic heterocycles.